The largest absolute Gasteiger partial charge is 0.356 e. The van der Waals surface area contributed by atoms with Gasteiger partial charge in [0.25, 0.3) is 0 Å². The zero-order chi connectivity index (χ0) is 44.4. The summed E-state index contributed by atoms with van der Waals surface area (Å²) in [6.45, 7) is 2.69. The maximum absolute atomic E-state index is 17.0. The van der Waals surface area contributed by atoms with Gasteiger partial charge in [0.05, 0.1) is 0 Å². The molecule has 0 radical (unpaired) electrons. The van der Waals surface area contributed by atoms with Crippen LogP contribution in [0, 0.1) is 87.3 Å². The van der Waals surface area contributed by atoms with Gasteiger partial charge in [0.1, 0.15) is 40.1 Å². The normalized spacial score (nSPS) is 13.8. The van der Waals surface area contributed by atoms with E-state index in [1.54, 1.807) is 24.3 Å². The molecule has 314 valence electrons. The van der Waals surface area contributed by atoms with Crippen molar-refractivity contribution >= 4 is 51.4 Å². The summed E-state index contributed by atoms with van der Waals surface area (Å²) < 4.78 is 254. The fraction of sp³-hybridized carbons (Fsp3) is 0.0952. The molecular weight excluding hydrogens is 863 g/mol. The number of benzene rings is 7. The van der Waals surface area contributed by atoms with Crippen LogP contribution in [0.15, 0.2) is 72.8 Å². The molecule has 19 heteroatoms. The molecule has 0 atom stereocenters. The predicted molar refractivity (Wildman–Crippen MR) is 198 cm³/mol. The molecule has 1 aliphatic rings. The van der Waals surface area contributed by atoms with E-state index in [1.807, 2.05) is 0 Å². The van der Waals surface area contributed by atoms with Crippen LogP contribution in [-0.2, 0) is 0 Å². The predicted octanol–water partition coefficient (Wildman–Crippen LogP) is 11.8. The van der Waals surface area contributed by atoms with Crippen LogP contribution >= 0.6 is 7.59 Å². The van der Waals surface area contributed by atoms with E-state index >= 15 is 52.7 Å². The van der Waals surface area contributed by atoms with Crippen LogP contribution in [0.4, 0.5) is 65.9 Å². The highest BCUT2D eigenvalue weighted by Gasteiger charge is 2.75. The van der Waals surface area contributed by atoms with Crippen molar-refractivity contribution < 1.29 is 74.9 Å². The van der Waals surface area contributed by atoms with E-state index in [2.05, 4.69) is 0 Å². The first-order valence-electron chi connectivity index (χ1n) is 17.7. The Kier molecular flexibility index (Phi) is 9.65. The molecule has 0 saturated heterocycles. The minimum atomic E-state index is -6.35. The second kappa shape index (κ2) is 14.1. The summed E-state index contributed by atoms with van der Waals surface area (Å²) in [5, 5.41) is -1.29. The Bertz CT molecular complexity index is 2720. The second-order valence-corrected chi connectivity index (χ2v) is 18.7. The molecular formula is C42H21BF15O2P. The van der Waals surface area contributed by atoms with E-state index in [4.69, 9.17) is 9.05 Å². The van der Waals surface area contributed by atoms with Crippen LogP contribution in [-0.4, -0.2) is 11.0 Å². The zero-order valence-corrected chi connectivity index (χ0v) is 31.8. The lowest BCUT2D eigenvalue weighted by Crippen LogP contribution is -2.77. The van der Waals surface area contributed by atoms with E-state index in [9.17, 15) is 13.2 Å². The highest BCUT2D eigenvalue weighted by atomic mass is 31.2. The van der Waals surface area contributed by atoms with Crippen molar-refractivity contribution in [2.45, 2.75) is 25.9 Å². The summed E-state index contributed by atoms with van der Waals surface area (Å²) in [5.74, 6) is -54.3. The Balaban J connectivity index is 1.78. The van der Waals surface area contributed by atoms with Gasteiger partial charge in [0.15, 0.2) is 63.9 Å². The molecule has 0 amide bonds. The standard InChI is InChI=1S/C42H21BF15O2P/c1-42(2,3)61(59-20-14-12-16-8-4-6-10-18(16)22(20)23-19-11-7-5-9-17(19)13-15-21(23)60-61)43(24-27(44)33(50)39(56)34(51)28(24)45,25-29(46)35(52)40(57)36(53)30(25)47)26-31(48)37(54)41(58)38(55)32(26)49/h4-15H,1-3H3. The zero-order valence-electron chi connectivity index (χ0n) is 30.9. The minimum Gasteiger partial charge on any atom is -0.356 e. The lowest BCUT2D eigenvalue weighted by Gasteiger charge is -2.53. The molecule has 0 unspecified atom stereocenters. The first-order chi connectivity index (χ1) is 28.6. The third kappa shape index (κ3) is 5.45. The average molecular weight is 884 g/mol. The van der Waals surface area contributed by atoms with Crippen molar-refractivity contribution in [3.8, 4) is 22.6 Å². The van der Waals surface area contributed by atoms with E-state index in [0.717, 1.165) is 32.9 Å². The Morgan fingerprint density at radius 1 is 0.361 bits per heavy atom. The van der Waals surface area contributed by atoms with Crippen molar-refractivity contribution in [3.63, 3.8) is 0 Å². The second-order valence-electron chi connectivity index (χ2n) is 15.0. The summed E-state index contributed by atoms with van der Waals surface area (Å²) in [5.41, 5.74) is -8.58. The highest BCUT2D eigenvalue weighted by Crippen LogP contribution is 2.77. The van der Waals surface area contributed by atoms with Gasteiger partial charge in [-0.1, -0.05) is 77.1 Å². The van der Waals surface area contributed by atoms with Gasteiger partial charge < -0.3 is 9.05 Å². The molecule has 0 spiro atoms. The first-order valence-corrected chi connectivity index (χ1v) is 19.4. The van der Waals surface area contributed by atoms with Gasteiger partial charge in [0.2, 0.25) is 7.59 Å². The molecule has 1 heterocycles. The minimum absolute atomic E-state index is 0.0760. The molecule has 61 heavy (non-hydrogen) atoms. The van der Waals surface area contributed by atoms with Crippen LogP contribution in [0.5, 0.6) is 11.5 Å². The Hall–Kier alpha value is -5.90. The summed E-state index contributed by atoms with van der Waals surface area (Å²) in [6.07, 6.45) is 0. The van der Waals surface area contributed by atoms with Gasteiger partial charge in [-0.05, 0) is 54.4 Å². The highest BCUT2D eigenvalue weighted by molar-refractivity contribution is 8.09. The third-order valence-electron chi connectivity index (χ3n) is 10.9. The third-order valence-corrected chi connectivity index (χ3v) is 15.5. The lowest BCUT2D eigenvalue weighted by atomic mass is 9.33. The quantitative estimate of drug-likeness (QED) is 0.0576. The maximum atomic E-state index is 17.0. The van der Waals surface area contributed by atoms with E-state index in [-0.39, 0.29) is 21.9 Å². The van der Waals surface area contributed by atoms with Crippen molar-refractivity contribution in [1.29, 1.82) is 0 Å². The number of rotatable bonds is 4. The smallest absolute Gasteiger partial charge is 0.346 e. The van der Waals surface area contributed by atoms with Gasteiger partial charge in [-0.25, -0.2) is 65.9 Å². The summed E-state index contributed by atoms with van der Waals surface area (Å²) in [4.78, 5) is 0. The Morgan fingerprint density at radius 2 is 0.623 bits per heavy atom. The molecule has 0 N–H and O–H groups in total. The van der Waals surface area contributed by atoms with Crippen LogP contribution < -0.4 is 25.4 Å². The van der Waals surface area contributed by atoms with E-state index in [1.165, 1.54) is 36.4 Å². The molecule has 0 aromatic heterocycles. The maximum Gasteiger partial charge on any atom is 0.346 e. The summed E-state index contributed by atoms with van der Waals surface area (Å²) in [7, 11) is -6.22. The monoisotopic (exact) mass is 884 g/mol. The van der Waals surface area contributed by atoms with E-state index < -0.39 is 134 Å². The molecule has 8 rings (SSSR count). The van der Waals surface area contributed by atoms with Gasteiger partial charge in [-0.3, -0.25) is 0 Å². The van der Waals surface area contributed by atoms with Crippen LogP contribution in [0.3, 0.4) is 0 Å². The fourth-order valence-electron chi connectivity index (χ4n) is 8.40. The Morgan fingerprint density at radius 3 is 0.902 bits per heavy atom. The average Bonchev–Trinajstić information content (AvgIpc) is 3.41. The molecule has 7 aromatic rings. The molecule has 0 bridgehead atoms. The van der Waals surface area contributed by atoms with E-state index in [0.29, 0.717) is 10.8 Å². The number of hydrogen-bond donors (Lipinski definition) is 0. The van der Waals surface area contributed by atoms with Crippen LogP contribution in [0.1, 0.15) is 20.8 Å². The van der Waals surface area contributed by atoms with Crippen LogP contribution in [0.25, 0.3) is 32.7 Å². The lowest BCUT2D eigenvalue weighted by molar-refractivity contribution is 0.379. The summed E-state index contributed by atoms with van der Waals surface area (Å²) >= 11 is 0. The fourth-order valence-corrected chi connectivity index (χ4v) is 13.1. The molecule has 7 aromatic carbocycles. The number of halogens is 15. The van der Waals surface area contributed by atoms with Gasteiger partial charge in [-0.15, -0.1) is 0 Å². The summed E-state index contributed by atoms with van der Waals surface area (Å²) in [6, 6.07) is 17.1. The Labute approximate surface area is 334 Å². The first kappa shape index (κ1) is 41.8. The number of hydrogen-bond acceptors (Lipinski definition) is 2. The van der Waals surface area contributed by atoms with Crippen molar-refractivity contribution in [1.82, 2.24) is 0 Å². The molecule has 0 saturated carbocycles. The molecule has 2 nitrogen and oxygen atoms in total. The van der Waals surface area contributed by atoms with Gasteiger partial charge in [0, 0.05) is 11.1 Å². The van der Waals surface area contributed by atoms with Crippen LogP contribution in [0.2, 0.25) is 0 Å². The van der Waals surface area contributed by atoms with Gasteiger partial charge in [-0.2, -0.15) is 0 Å². The van der Waals surface area contributed by atoms with Crippen molar-refractivity contribution in [2.75, 3.05) is 0 Å². The molecule has 1 aliphatic heterocycles. The SMILES string of the molecule is CC(C)(C)[P+]1([B-](c2c(F)c(F)c(F)c(F)c2F)(c2c(F)c(F)c(F)c(F)c2F)c2c(F)c(F)c(F)c(F)c2F)Oc2ccc3ccccc3c2-c2c(ccc3ccccc23)O1. The molecule has 0 fully saturated rings. The molecule has 0 aliphatic carbocycles. The van der Waals surface area contributed by atoms with Crippen molar-refractivity contribution in [2.24, 2.45) is 0 Å². The number of fused-ring (bicyclic) bond motifs is 7. The van der Waals surface area contributed by atoms with Gasteiger partial charge >= 0.3 is 5.87 Å². The topological polar surface area (TPSA) is 18.5 Å². The van der Waals surface area contributed by atoms with Crippen molar-refractivity contribution in [3.05, 3.63) is 160 Å².